The predicted molar refractivity (Wildman–Crippen MR) is 141 cm³/mol. The number of pyridine rings is 1. The molecular formula is C29H22FN5O3. The van der Waals surface area contributed by atoms with Gasteiger partial charge in [-0.05, 0) is 85.6 Å². The van der Waals surface area contributed by atoms with Crippen LogP contribution in [0.15, 0.2) is 91.3 Å². The van der Waals surface area contributed by atoms with E-state index >= 15 is 0 Å². The lowest BCUT2D eigenvalue weighted by atomic mass is 10.0. The van der Waals surface area contributed by atoms with Gasteiger partial charge in [0.1, 0.15) is 22.7 Å². The van der Waals surface area contributed by atoms with E-state index in [1.165, 1.54) is 24.3 Å². The second-order valence-corrected chi connectivity index (χ2v) is 9.12. The third kappa shape index (κ3) is 4.57. The van der Waals surface area contributed by atoms with E-state index < -0.39 is 17.1 Å². The van der Waals surface area contributed by atoms with Gasteiger partial charge in [0.25, 0.3) is 0 Å². The Morgan fingerprint density at radius 1 is 0.868 bits per heavy atom. The number of carbonyl (C=O) groups is 2. The first-order valence-electron chi connectivity index (χ1n) is 12.1. The van der Waals surface area contributed by atoms with Crippen LogP contribution in [-0.4, -0.2) is 27.0 Å². The summed E-state index contributed by atoms with van der Waals surface area (Å²) in [6.07, 6.45) is 4.35. The van der Waals surface area contributed by atoms with E-state index in [2.05, 4.69) is 25.8 Å². The van der Waals surface area contributed by atoms with Crippen molar-refractivity contribution in [1.29, 1.82) is 0 Å². The fraction of sp³-hybridized carbons (Fsp3) is 0.103. The Kier molecular flexibility index (Phi) is 5.80. The van der Waals surface area contributed by atoms with Gasteiger partial charge in [-0.2, -0.15) is 5.10 Å². The van der Waals surface area contributed by atoms with Gasteiger partial charge in [0.15, 0.2) is 0 Å². The predicted octanol–water partition coefficient (Wildman–Crippen LogP) is 5.91. The zero-order valence-electron chi connectivity index (χ0n) is 20.1. The summed E-state index contributed by atoms with van der Waals surface area (Å²) in [5.74, 6) is 0.0581. The summed E-state index contributed by atoms with van der Waals surface area (Å²) in [7, 11) is 0. The zero-order chi connectivity index (χ0) is 26.1. The van der Waals surface area contributed by atoms with Crippen molar-refractivity contribution in [2.75, 3.05) is 10.6 Å². The maximum absolute atomic E-state index is 13.1. The lowest BCUT2D eigenvalue weighted by Gasteiger charge is -2.16. The van der Waals surface area contributed by atoms with Crippen molar-refractivity contribution in [3.05, 3.63) is 97.1 Å². The van der Waals surface area contributed by atoms with Crippen molar-refractivity contribution in [3.8, 4) is 22.8 Å². The zero-order valence-corrected chi connectivity index (χ0v) is 20.1. The van der Waals surface area contributed by atoms with E-state index in [1.807, 2.05) is 24.3 Å². The minimum Gasteiger partial charge on any atom is -0.457 e. The number of fused-ring (bicyclic) bond motifs is 1. The number of aromatic nitrogens is 3. The van der Waals surface area contributed by atoms with Crippen LogP contribution in [0.1, 0.15) is 12.8 Å². The van der Waals surface area contributed by atoms with Crippen LogP contribution in [0.5, 0.6) is 11.5 Å². The average molecular weight is 508 g/mol. The van der Waals surface area contributed by atoms with E-state index in [-0.39, 0.29) is 5.91 Å². The molecule has 1 fully saturated rings. The van der Waals surface area contributed by atoms with Gasteiger partial charge in [-0.3, -0.25) is 19.7 Å². The van der Waals surface area contributed by atoms with Crippen LogP contribution in [-0.2, 0) is 9.59 Å². The van der Waals surface area contributed by atoms with Gasteiger partial charge >= 0.3 is 0 Å². The van der Waals surface area contributed by atoms with E-state index in [4.69, 9.17) is 4.74 Å². The highest BCUT2D eigenvalue weighted by molar-refractivity contribution is 6.16. The number of rotatable bonds is 7. The largest absolute Gasteiger partial charge is 0.457 e. The maximum Gasteiger partial charge on any atom is 0.240 e. The smallest absolute Gasteiger partial charge is 0.240 e. The molecule has 6 rings (SSSR count). The lowest BCUT2D eigenvalue weighted by molar-refractivity contribution is -0.131. The molecule has 0 saturated heterocycles. The van der Waals surface area contributed by atoms with Gasteiger partial charge in [-0.1, -0.05) is 6.07 Å². The van der Waals surface area contributed by atoms with Crippen LogP contribution in [0.25, 0.3) is 22.2 Å². The number of anilines is 2. The Hall–Kier alpha value is -5.05. The fourth-order valence-corrected chi connectivity index (χ4v) is 4.24. The van der Waals surface area contributed by atoms with Gasteiger partial charge in [-0.25, -0.2) is 4.39 Å². The number of nitrogens with one attached hydrogen (secondary N) is 3. The van der Waals surface area contributed by atoms with Gasteiger partial charge in [0.2, 0.25) is 11.8 Å². The molecule has 1 saturated carbocycles. The molecule has 3 N–H and O–H groups in total. The third-order valence-electron chi connectivity index (χ3n) is 6.56. The van der Waals surface area contributed by atoms with Gasteiger partial charge < -0.3 is 15.4 Å². The monoisotopic (exact) mass is 507 g/mol. The standard InChI is InChI=1S/C29H22FN5O3/c30-19-2-4-20(5-3-19)33-27(36)29(13-14-29)28(37)34-21-6-8-22(9-7-21)38-26-12-15-31-25-17-18(1-10-23(25)26)24-11-16-32-35-24/h1-12,15-17H,13-14H2,(H,32,35)(H,33,36)(H,34,37). The highest BCUT2D eigenvalue weighted by atomic mass is 19.1. The molecule has 1 aliphatic carbocycles. The molecule has 0 radical (unpaired) electrons. The number of hydrogen-bond acceptors (Lipinski definition) is 5. The number of ether oxygens (including phenoxy) is 1. The Morgan fingerprint density at radius 3 is 2.18 bits per heavy atom. The number of amides is 2. The Bertz CT molecular complexity index is 1630. The van der Waals surface area contributed by atoms with Gasteiger partial charge in [-0.15, -0.1) is 0 Å². The topological polar surface area (TPSA) is 109 Å². The molecule has 5 aromatic rings. The molecule has 8 nitrogen and oxygen atoms in total. The fourth-order valence-electron chi connectivity index (χ4n) is 4.24. The SMILES string of the molecule is O=C(Nc1ccc(F)cc1)C1(C(=O)Nc2ccc(Oc3ccnc4cc(-c5cc[nH]n5)ccc34)cc2)CC1. The number of halogens is 1. The summed E-state index contributed by atoms with van der Waals surface area (Å²) in [5, 5.41) is 13.4. The normalized spacial score (nSPS) is 13.6. The molecule has 1 aliphatic rings. The molecular weight excluding hydrogens is 485 g/mol. The van der Waals surface area contributed by atoms with Crippen LogP contribution >= 0.6 is 0 Å². The molecule has 0 aliphatic heterocycles. The van der Waals surface area contributed by atoms with Crippen molar-refractivity contribution in [1.82, 2.24) is 15.2 Å². The van der Waals surface area contributed by atoms with E-state index in [0.717, 1.165) is 22.2 Å². The molecule has 2 aromatic heterocycles. The number of hydrogen-bond donors (Lipinski definition) is 3. The number of nitrogens with zero attached hydrogens (tertiary/aromatic N) is 2. The molecule has 0 atom stereocenters. The molecule has 38 heavy (non-hydrogen) atoms. The summed E-state index contributed by atoms with van der Waals surface area (Å²) in [4.78, 5) is 30.2. The van der Waals surface area contributed by atoms with Crippen LogP contribution in [0.3, 0.4) is 0 Å². The van der Waals surface area contributed by atoms with Crippen molar-refractivity contribution in [2.45, 2.75) is 12.8 Å². The maximum atomic E-state index is 13.1. The molecule has 3 aromatic carbocycles. The summed E-state index contributed by atoms with van der Waals surface area (Å²) >= 11 is 0. The first-order valence-corrected chi connectivity index (χ1v) is 12.1. The number of benzene rings is 3. The van der Waals surface area contributed by atoms with E-state index in [1.54, 1.807) is 42.7 Å². The van der Waals surface area contributed by atoms with E-state index in [0.29, 0.717) is 35.7 Å². The molecule has 2 heterocycles. The first kappa shape index (κ1) is 23.4. The summed E-state index contributed by atoms with van der Waals surface area (Å²) < 4.78 is 19.2. The highest BCUT2D eigenvalue weighted by Crippen LogP contribution is 2.47. The Morgan fingerprint density at radius 2 is 1.55 bits per heavy atom. The number of aromatic amines is 1. The second-order valence-electron chi connectivity index (χ2n) is 9.12. The van der Waals surface area contributed by atoms with Crippen LogP contribution in [0.2, 0.25) is 0 Å². The van der Waals surface area contributed by atoms with Crippen LogP contribution < -0.4 is 15.4 Å². The van der Waals surface area contributed by atoms with Crippen molar-refractivity contribution >= 4 is 34.1 Å². The van der Waals surface area contributed by atoms with Gasteiger partial charge in [0.05, 0.1) is 11.2 Å². The number of H-pyrrole nitrogens is 1. The minimum absolute atomic E-state index is 0.376. The quantitative estimate of drug-likeness (QED) is 0.237. The van der Waals surface area contributed by atoms with Crippen molar-refractivity contribution < 1.29 is 18.7 Å². The highest BCUT2D eigenvalue weighted by Gasteiger charge is 2.56. The van der Waals surface area contributed by atoms with Gasteiger partial charge in [0, 0.05) is 34.7 Å². The van der Waals surface area contributed by atoms with Crippen LogP contribution in [0, 0.1) is 11.2 Å². The molecule has 0 bridgehead atoms. The van der Waals surface area contributed by atoms with Crippen LogP contribution in [0.4, 0.5) is 15.8 Å². The molecule has 188 valence electrons. The second kappa shape index (κ2) is 9.44. The lowest BCUT2D eigenvalue weighted by Crippen LogP contribution is -2.35. The summed E-state index contributed by atoms with van der Waals surface area (Å²) in [5.41, 5.74) is 2.42. The Labute approximate surface area is 216 Å². The Balaban J connectivity index is 1.13. The third-order valence-corrected chi connectivity index (χ3v) is 6.56. The molecule has 2 amide bonds. The molecule has 0 unspecified atom stereocenters. The summed E-state index contributed by atoms with van der Waals surface area (Å²) in [6.45, 7) is 0. The van der Waals surface area contributed by atoms with Crippen molar-refractivity contribution in [2.24, 2.45) is 5.41 Å². The van der Waals surface area contributed by atoms with E-state index in [9.17, 15) is 14.0 Å². The molecule has 9 heteroatoms. The molecule has 0 spiro atoms. The van der Waals surface area contributed by atoms with Crippen molar-refractivity contribution in [3.63, 3.8) is 0 Å². The minimum atomic E-state index is -1.13. The average Bonchev–Trinajstić information content (AvgIpc) is 3.57. The number of carbonyl (C=O) groups excluding carboxylic acids is 2. The summed E-state index contributed by atoms with van der Waals surface area (Å²) in [6, 6.07) is 21.9. The first-order chi connectivity index (χ1) is 18.5.